The van der Waals surface area contributed by atoms with Crippen LogP contribution in [0.1, 0.15) is 92.4 Å². The van der Waals surface area contributed by atoms with Gasteiger partial charge in [-0.05, 0) is 44.9 Å². The Bertz CT molecular complexity index is 1170. The molecule has 3 fully saturated rings. The van der Waals surface area contributed by atoms with Crippen LogP contribution in [0.25, 0.3) is 0 Å². The fourth-order valence-corrected chi connectivity index (χ4v) is 7.14. The molecule has 48 heavy (non-hydrogen) atoms. The predicted molar refractivity (Wildman–Crippen MR) is 168 cm³/mol. The number of aliphatic hydroxyl groups excluding tert-OH is 3. The molecule has 1 saturated carbocycles. The Labute approximate surface area is 282 Å². The Morgan fingerprint density at radius 2 is 1.58 bits per heavy atom. The van der Waals surface area contributed by atoms with Crippen LogP contribution in [0, 0.1) is 5.92 Å². The standard InChI is InChI=1S/C31H55NO15S/c1-7-10-14-30(5,9-3)47-25-22(35)23(36)29(46-26(25)28(37)38)45-24-20(32-17(4)33)27(31(42-6,15-11-8-2)18-12-13-18)44-19(21(24)34)16-43-48(39,40)41/h18-27,29,34-36H,7-16H2,1-6H3,(H,32,33)(H,37,38)(H,39,40,41)/t19?,20?,21-,22?,23?,24?,25-,26?,27+,29+,30?,31?/m0/s1. The maximum atomic E-state index is 12.6. The molecule has 17 heteroatoms. The number of carbonyl (C=O) groups is 2. The summed E-state index contributed by atoms with van der Waals surface area (Å²) in [6.45, 7) is 7.99. The summed E-state index contributed by atoms with van der Waals surface area (Å²) in [5.41, 5.74) is -1.89. The first kappa shape index (κ1) is 40.9. The Hall–Kier alpha value is -1.51. The Kier molecular flexibility index (Phi) is 14.6. The molecule has 3 rings (SSSR count). The van der Waals surface area contributed by atoms with Crippen LogP contribution in [0.2, 0.25) is 0 Å². The molecule has 1 aliphatic carbocycles. The van der Waals surface area contributed by atoms with Crippen LogP contribution in [-0.4, -0.2) is 131 Å². The first-order chi connectivity index (χ1) is 22.5. The number of aliphatic hydroxyl groups is 3. The molecule has 8 unspecified atom stereocenters. The first-order valence-electron chi connectivity index (χ1n) is 16.8. The molecule has 2 heterocycles. The molecule has 6 N–H and O–H groups in total. The zero-order valence-electron chi connectivity index (χ0n) is 28.6. The van der Waals surface area contributed by atoms with E-state index in [2.05, 4.69) is 9.50 Å². The largest absolute Gasteiger partial charge is 0.479 e. The first-order valence-corrected chi connectivity index (χ1v) is 18.2. The predicted octanol–water partition coefficient (Wildman–Crippen LogP) is 1.08. The zero-order valence-corrected chi connectivity index (χ0v) is 29.5. The molecule has 12 atom stereocenters. The highest BCUT2D eigenvalue weighted by molar-refractivity contribution is 7.80. The number of hydrogen-bond acceptors (Lipinski definition) is 13. The lowest BCUT2D eigenvalue weighted by Gasteiger charge is -2.53. The number of carboxylic acids is 1. The van der Waals surface area contributed by atoms with Crippen LogP contribution in [0.15, 0.2) is 0 Å². The summed E-state index contributed by atoms with van der Waals surface area (Å²) in [6, 6.07) is -1.21. The highest BCUT2D eigenvalue weighted by atomic mass is 32.3. The summed E-state index contributed by atoms with van der Waals surface area (Å²) in [4.78, 5) is 25.1. The van der Waals surface area contributed by atoms with Gasteiger partial charge in [-0.25, -0.2) is 8.98 Å². The molecule has 1 amide bonds. The van der Waals surface area contributed by atoms with E-state index in [-0.39, 0.29) is 5.92 Å². The number of carbonyl (C=O) groups excluding carboxylic acids is 1. The number of hydrogen-bond donors (Lipinski definition) is 6. The van der Waals surface area contributed by atoms with Crippen LogP contribution in [0.4, 0.5) is 0 Å². The minimum Gasteiger partial charge on any atom is -0.479 e. The molecule has 16 nitrogen and oxygen atoms in total. The van der Waals surface area contributed by atoms with Crippen LogP contribution < -0.4 is 5.32 Å². The highest BCUT2D eigenvalue weighted by Crippen LogP contribution is 2.50. The van der Waals surface area contributed by atoms with Crippen LogP contribution in [0.3, 0.4) is 0 Å². The zero-order chi connectivity index (χ0) is 36.0. The van der Waals surface area contributed by atoms with E-state index < -0.39 is 101 Å². The lowest BCUT2D eigenvalue weighted by atomic mass is 9.77. The minimum absolute atomic E-state index is 0.0393. The SMILES string of the molecule is CCCCC(C)(CC)O[C@@H]1C(C(=O)O)O[C@@H](OC2C(NC(C)=O)[C@H](C(CCCC)(OC)C3CC3)OC(COS(=O)(=O)O)[C@@H]2O)C(O)C1O. The van der Waals surface area contributed by atoms with E-state index in [1.165, 1.54) is 14.0 Å². The van der Waals surface area contributed by atoms with Gasteiger partial charge < -0.3 is 49.4 Å². The number of amides is 1. The van der Waals surface area contributed by atoms with Crippen LogP contribution in [0.5, 0.6) is 0 Å². The average Bonchev–Trinajstić information content (AvgIpc) is 3.87. The normalized spacial score (nSPS) is 35.4. The van der Waals surface area contributed by atoms with Gasteiger partial charge in [-0.2, -0.15) is 8.42 Å². The fraction of sp³-hybridized carbons (Fsp3) is 0.935. The van der Waals surface area contributed by atoms with Crippen molar-refractivity contribution >= 4 is 22.3 Å². The van der Waals surface area contributed by atoms with Gasteiger partial charge in [0.2, 0.25) is 5.91 Å². The lowest BCUT2D eigenvalue weighted by Crippen LogP contribution is -2.72. The van der Waals surface area contributed by atoms with Gasteiger partial charge in [-0.15, -0.1) is 0 Å². The van der Waals surface area contributed by atoms with Crippen molar-refractivity contribution in [2.75, 3.05) is 13.7 Å². The van der Waals surface area contributed by atoms with Gasteiger partial charge >= 0.3 is 16.4 Å². The number of rotatable bonds is 19. The highest BCUT2D eigenvalue weighted by Gasteiger charge is 2.61. The second-order valence-electron chi connectivity index (χ2n) is 13.4. The molecule has 0 bridgehead atoms. The lowest BCUT2D eigenvalue weighted by molar-refractivity contribution is -0.343. The Morgan fingerprint density at radius 1 is 0.958 bits per heavy atom. The van der Waals surface area contributed by atoms with Crippen molar-refractivity contribution in [2.45, 2.75) is 165 Å². The molecule has 0 aromatic carbocycles. The van der Waals surface area contributed by atoms with Crippen LogP contribution >= 0.6 is 0 Å². The van der Waals surface area contributed by atoms with Gasteiger partial charge in [0.1, 0.15) is 42.7 Å². The van der Waals surface area contributed by atoms with Crippen molar-refractivity contribution in [2.24, 2.45) is 5.92 Å². The third-order valence-corrected chi connectivity index (χ3v) is 10.3. The van der Waals surface area contributed by atoms with E-state index in [1.807, 2.05) is 20.8 Å². The number of methoxy groups -OCH3 is 1. The molecule has 0 radical (unpaired) electrons. The number of aliphatic carboxylic acids is 1. The van der Waals surface area contributed by atoms with Crippen molar-refractivity contribution in [1.82, 2.24) is 5.32 Å². The van der Waals surface area contributed by atoms with E-state index in [9.17, 15) is 43.0 Å². The van der Waals surface area contributed by atoms with E-state index in [1.54, 1.807) is 6.92 Å². The number of nitrogens with one attached hydrogen (secondary N) is 1. The number of unbranched alkanes of at least 4 members (excludes halogenated alkanes) is 2. The van der Waals surface area contributed by atoms with E-state index in [0.29, 0.717) is 25.7 Å². The maximum absolute atomic E-state index is 12.6. The number of carboxylic acid groups (broad SMARTS) is 1. The third kappa shape index (κ3) is 9.84. The van der Waals surface area contributed by atoms with Gasteiger partial charge in [0.05, 0.1) is 23.9 Å². The van der Waals surface area contributed by atoms with E-state index in [4.69, 9.17) is 23.7 Å². The second kappa shape index (κ2) is 17.1. The monoisotopic (exact) mass is 713 g/mol. The van der Waals surface area contributed by atoms with Crippen LogP contribution in [-0.2, 0) is 47.9 Å². The van der Waals surface area contributed by atoms with Gasteiger partial charge in [-0.3, -0.25) is 9.35 Å². The molecular weight excluding hydrogens is 658 g/mol. The molecule has 2 aliphatic heterocycles. The minimum atomic E-state index is -4.97. The summed E-state index contributed by atoms with van der Waals surface area (Å²) in [5.74, 6) is -2.09. The Balaban J connectivity index is 2.03. The van der Waals surface area contributed by atoms with Crippen molar-refractivity contribution < 1.29 is 70.9 Å². The fourth-order valence-electron chi connectivity index (χ4n) is 6.84. The molecule has 2 saturated heterocycles. The van der Waals surface area contributed by atoms with Gasteiger partial charge in [-0.1, -0.05) is 46.5 Å². The molecule has 0 spiro atoms. The molecule has 3 aliphatic rings. The molecule has 280 valence electrons. The Morgan fingerprint density at radius 3 is 2.08 bits per heavy atom. The smallest absolute Gasteiger partial charge is 0.397 e. The van der Waals surface area contributed by atoms with E-state index >= 15 is 0 Å². The van der Waals surface area contributed by atoms with Gasteiger partial charge in [0.25, 0.3) is 0 Å². The summed E-state index contributed by atoms with van der Waals surface area (Å²) in [7, 11) is -3.49. The summed E-state index contributed by atoms with van der Waals surface area (Å²) >= 11 is 0. The average molecular weight is 714 g/mol. The molecule has 0 aromatic rings. The second-order valence-corrected chi connectivity index (χ2v) is 14.5. The van der Waals surface area contributed by atoms with Crippen molar-refractivity contribution in [3.8, 4) is 0 Å². The van der Waals surface area contributed by atoms with Gasteiger partial charge in [0, 0.05) is 14.0 Å². The molecule has 0 aromatic heterocycles. The van der Waals surface area contributed by atoms with Gasteiger partial charge in [0.15, 0.2) is 12.4 Å². The number of ether oxygens (including phenoxy) is 5. The third-order valence-electron chi connectivity index (χ3n) is 9.83. The van der Waals surface area contributed by atoms with E-state index in [0.717, 1.165) is 32.1 Å². The maximum Gasteiger partial charge on any atom is 0.397 e. The quantitative estimate of drug-likeness (QED) is 0.103. The summed E-state index contributed by atoms with van der Waals surface area (Å²) < 4.78 is 67.3. The topological polar surface area (TPSA) is 237 Å². The van der Waals surface area contributed by atoms with Crippen molar-refractivity contribution in [1.29, 1.82) is 0 Å². The molecular formula is C31H55NO15S. The summed E-state index contributed by atoms with van der Waals surface area (Å²) in [5, 5.41) is 46.9. The summed E-state index contributed by atoms with van der Waals surface area (Å²) in [6.07, 6.45) is -8.64. The van der Waals surface area contributed by atoms with Crippen molar-refractivity contribution in [3.63, 3.8) is 0 Å². The van der Waals surface area contributed by atoms with Crippen molar-refractivity contribution in [3.05, 3.63) is 0 Å².